The Bertz CT molecular complexity index is 146. The van der Waals surface area contributed by atoms with Crippen LogP contribution in [-0.2, 0) is 4.79 Å². The zero-order valence-electron chi connectivity index (χ0n) is 6.77. The number of rotatable bonds is 5. The predicted molar refractivity (Wildman–Crippen MR) is 51.2 cm³/mol. The highest BCUT2D eigenvalue weighted by atomic mass is 35.5. The minimum absolute atomic E-state index is 0. The Morgan fingerprint density at radius 3 is 2.50 bits per heavy atom. The van der Waals surface area contributed by atoms with Gasteiger partial charge in [0, 0.05) is 6.54 Å². The van der Waals surface area contributed by atoms with Crippen LogP contribution in [0.2, 0.25) is 0 Å². The minimum atomic E-state index is -0.385. The number of guanidine groups is 1. The molecule has 0 aromatic rings. The SMILES string of the molecule is Cl.NC(N)=NCCC[C@H](N)C=O. The van der Waals surface area contributed by atoms with Gasteiger partial charge in [0.1, 0.15) is 6.29 Å². The van der Waals surface area contributed by atoms with Gasteiger partial charge in [-0.2, -0.15) is 0 Å². The van der Waals surface area contributed by atoms with Gasteiger partial charge in [0.05, 0.1) is 6.04 Å². The average Bonchev–Trinajstić information content (AvgIpc) is 1.97. The first kappa shape index (κ1) is 13.8. The molecule has 0 saturated heterocycles. The Hall–Kier alpha value is -0.810. The first-order valence-electron chi connectivity index (χ1n) is 3.43. The normalized spacial score (nSPS) is 11.1. The van der Waals surface area contributed by atoms with E-state index in [4.69, 9.17) is 17.2 Å². The number of aldehydes is 1. The third kappa shape index (κ3) is 9.19. The van der Waals surface area contributed by atoms with Gasteiger partial charge in [-0.15, -0.1) is 12.4 Å². The van der Waals surface area contributed by atoms with Crippen molar-refractivity contribution in [3.63, 3.8) is 0 Å². The summed E-state index contributed by atoms with van der Waals surface area (Å²) in [6.45, 7) is 0.532. The fraction of sp³-hybridized carbons (Fsp3) is 0.667. The third-order valence-corrected chi connectivity index (χ3v) is 1.16. The molecule has 0 rings (SSSR count). The monoisotopic (exact) mass is 194 g/mol. The number of hydrogen-bond donors (Lipinski definition) is 3. The van der Waals surface area contributed by atoms with Crippen LogP contribution in [-0.4, -0.2) is 24.8 Å². The number of hydrogen-bond acceptors (Lipinski definition) is 3. The number of nitrogens with two attached hydrogens (primary N) is 3. The zero-order valence-corrected chi connectivity index (χ0v) is 7.59. The number of aliphatic imine (C=N–C) groups is 1. The summed E-state index contributed by atoms with van der Waals surface area (Å²) in [5.74, 6) is 0.0738. The fourth-order valence-corrected chi connectivity index (χ4v) is 0.603. The van der Waals surface area contributed by atoms with Crippen molar-refractivity contribution in [3.8, 4) is 0 Å². The van der Waals surface area contributed by atoms with Crippen molar-refractivity contribution in [1.29, 1.82) is 0 Å². The third-order valence-electron chi connectivity index (χ3n) is 1.16. The molecule has 72 valence electrons. The summed E-state index contributed by atoms with van der Waals surface area (Å²) >= 11 is 0. The lowest BCUT2D eigenvalue weighted by Gasteiger charge is -2.00. The van der Waals surface area contributed by atoms with Crippen LogP contribution in [0.3, 0.4) is 0 Å². The molecule has 5 nitrogen and oxygen atoms in total. The van der Waals surface area contributed by atoms with Crippen LogP contribution in [0.15, 0.2) is 4.99 Å². The molecule has 0 heterocycles. The summed E-state index contributed by atoms with van der Waals surface area (Å²) in [5, 5.41) is 0. The second kappa shape index (κ2) is 8.29. The quantitative estimate of drug-likeness (QED) is 0.226. The van der Waals surface area contributed by atoms with E-state index in [-0.39, 0.29) is 24.4 Å². The van der Waals surface area contributed by atoms with Crippen LogP contribution in [0.5, 0.6) is 0 Å². The number of carbonyl (C=O) groups excluding carboxylic acids is 1. The number of nitrogens with zero attached hydrogens (tertiary/aromatic N) is 1. The molecule has 0 bridgehead atoms. The lowest BCUT2D eigenvalue weighted by Crippen LogP contribution is -2.24. The van der Waals surface area contributed by atoms with Gasteiger partial charge in [-0.3, -0.25) is 4.99 Å². The zero-order chi connectivity index (χ0) is 8.69. The molecule has 0 aromatic heterocycles. The van der Waals surface area contributed by atoms with Crippen LogP contribution in [0, 0.1) is 0 Å². The summed E-state index contributed by atoms with van der Waals surface area (Å²) in [4.78, 5) is 13.8. The minimum Gasteiger partial charge on any atom is -0.370 e. The average molecular weight is 195 g/mol. The molecule has 0 amide bonds. The Labute approximate surface area is 77.8 Å². The molecule has 1 atom stereocenters. The summed E-state index contributed by atoms with van der Waals surface area (Å²) < 4.78 is 0. The van der Waals surface area contributed by atoms with Gasteiger partial charge in [0.2, 0.25) is 0 Å². The van der Waals surface area contributed by atoms with E-state index in [1.165, 1.54) is 0 Å². The van der Waals surface area contributed by atoms with E-state index in [0.29, 0.717) is 13.0 Å². The van der Waals surface area contributed by atoms with E-state index < -0.39 is 0 Å². The Morgan fingerprint density at radius 1 is 1.50 bits per heavy atom. The molecule has 6 N–H and O–H groups in total. The van der Waals surface area contributed by atoms with E-state index in [1.807, 2.05) is 0 Å². The number of carbonyl (C=O) groups is 1. The smallest absolute Gasteiger partial charge is 0.185 e. The standard InChI is InChI=1S/C6H14N4O.ClH/c7-5(4-11)2-1-3-10-6(8)9;/h4-5H,1-3,7H2,(H4,8,9,10);1H/t5-;/m0./s1. The topological polar surface area (TPSA) is 107 Å². The van der Waals surface area contributed by atoms with Crippen LogP contribution in [0.25, 0.3) is 0 Å². The molecule has 0 aliphatic heterocycles. The van der Waals surface area contributed by atoms with Crippen molar-refractivity contribution in [2.24, 2.45) is 22.2 Å². The molecular weight excluding hydrogens is 180 g/mol. The Kier molecular flexibility index (Phi) is 9.50. The van der Waals surface area contributed by atoms with Gasteiger partial charge >= 0.3 is 0 Å². The van der Waals surface area contributed by atoms with Gasteiger partial charge in [-0.05, 0) is 12.8 Å². The second-order valence-corrected chi connectivity index (χ2v) is 2.25. The van der Waals surface area contributed by atoms with Crippen molar-refractivity contribution < 1.29 is 4.79 Å². The predicted octanol–water partition coefficient (Wildman–Crippen LogP) is -1.01. The van der Waals surface area contributed by atoms with Crippen molar-refractivity contribution in [3.05, 3.63) is 0 Å². The van der Waals surface area contributed by atoms with Crippen LogP contribution in [0.4, 0.5) is 0 Å². The highest BCUT2D eigenvalue weighted by Gasteiger charge is 1.97. The highest BCUT2D eigenvalue weighted by molar-refractivity contribution is 5.85. The molecule has 6 heteroatoms. The first-order chi connectivity index (χ1) is 5.16. The largest absolute Gasteiger partial charge is 0.370 e. The van der Waals surface area contributed by atoms with Crippen LogP contribution in [0.1, 0.15) is 12.8 Å². The van der Waals surface area contributed by atoms with Crippen LogP contribution >= 0.6 is 12.4 Å². The molecule has 0 saturated carbocycles. The van der Waals surface area contributed by atoms with Crippen molar-refractivity contribution in [2.75, 3.05) is 6.54 Å². The van der Waals surface area contributed by atoms with E-state index in [0.717, 1.165) is 12.7 Å². The fourth-order valence-electron chi connectivity index (χ4n) is 0.603. The summed E-state index contributed by atoms with van der Waals surface area (Å²) in [7, 11) is 0. The van der Waals surface area contributed by atoms with Crippen molar-refractivity contribution >= 4 is 24.7 Å². The van der Waals surface area contributed by atoms with E-state index in [2.05, 4.69) is 4.99 Å². The van der Waals surface area contributed by atoms with Crippen LogP contribution < -0.4 is 17.2 Å². The maximum absolute atomic E-state index is 10.0. The molecule has 0 aromatic carbocycles. The summed E-state index contributed by atoms with van der Waals surface area (Å²) in [6.07, 6.45) is 2.08. The van der Waals surface area contributed by atoms with Gasteiger partial charge in [-0.25, -0.2) is 0 Å². The van der Waals surface area contributed by atoms with E-state index >= 15 is 0 Å². The molecular formula is C6H15ClN4O. The molecule has 0 spiro atoms. The van der Waals surface area contributed by atoms with Gasteiger partial charge < -0.3 is 22.0 Å². The summed E-state index contributed by atoms with van der Waals surface area (Å²) in [6, 6.07) is -0.385. The first-order valence-corrected chi connectivity index (χ1v) is 3.43. The molecule has 0 aliphatic carbocycles. The van der Waals surface area contributed by atoms with Crippen molar-refractivity contribution in [2.45, 2.75) is 18.9 Å². The molecule has 12 heavy (non-hydrogen) atoms. The molecule has 0 fully saturated rings. The van der Waals surface area contributed by atoms with E-state index in [9.17, 15) is 4.79 Å². The van der Waals surface area contributed by atoms with E-state index in [1.54, 1.807) is 0 Å². The van der Waals surface area contributed by atoms with Gasteiger partial charge in [-0.1, -0.05) is 0 Å². The maximum Gasteiger partial charge on any atom is 0.185 e. The van der Waals surface area contributed by atoms with Gasteiger partial charge in [0.15, 0.2) is 5.96 Å². The second-order valence-electron chi connectivity index (χ2n) is 2.25. The number of halogens is 1. The lowest BCUT2D eigenvalue weighted by molar-refractivity contribution is -0.109. The Balaban J connectivity index is 0. The van der Waals surface area contributed by atoms with Gasteiger partial charge in [0.25, 0.3) is 0 Å². The lowest BCUT2D eigenvalue weighted by atomic mass is 10.2. The Morgan fingerprint density at radius 2 is 2.08 bits per heavy atom. The summed E-state index contributed by atoms with van der Waals surface area (Å²) in [5.41, 5.74) is 15.4. The maximum atomic E-state index is 10.0. The highest BCUT2D eigenvalue weighted by Crippen LogP contribution is 1.91. The van der Waals surface area contributed by atoms with Crippen molar-refractivity contribution in [1.82, 2.24) is 0 Å². The molecule has 0 unspecified atom stereocenters. The molecule has 0 aliphatic rings. The molecule has 0 radical (unpaired) electrons.